The Morgan fingerprint density at radius 1 is 1.03 bits per heavy atom. The maximum Gasteiger partial charge on any atom is 0.357 e. The van der Waals surface area contributed by atoms with Gasteiger partial charge in [-0.2, -0.15) is 0 Å². The predicted molar refractivity (Wildman–Crippen MR) is 130 cm³/mol. The second-order valence-corrected chi connectivity index (χ2v) is 9.53. The molecule has 0 bridgehead atoms. The summed E-state index contributed by atoms with van der Waals surface area (Å²) >= 11 is 4.06. The van der Waals surface area contributed by atoms with Gasteiger partial charge in [-0.3, -0.25) is 14.6 Å². The van der Waals surface area contributed by atoms with Crippen molar-refractivity contribution in [2.45, 2.75) is 13.8 Å². The highest BCUT2D eigenvalue weighted by atomic mass is 127. The van der Waals surface area contributed by atoms with Gasteiger partial charge in [-0.15, -0.1) is 0 Å². The van der Waals surface area contributed by atoms with E-state index in [-0.39, 0.29) is 17.6 Å². The first-order chi connectivity index (χ1) is 14.3. The summed E-state index contributed by atoms with van der Waals surface area (Å²) in [5.74, 6) is -0.0693. The number of amides is 1. The standard InChI is InChI=1S/C21H22I2N2O5/c1-13(2)21(28)30-29-16-5-3-4-15(12-16)24-6-8-25(9-7-24)20(27)14-10-17(22)19(26)18(23)11-14/h3-5,10-13,26H,6-9H2,1-2H3. The molecule has 0 atom stereocenters. The number of hydrogen-bond donors (Lipinski definition) is 1. The first-order valence-corrected chi connectivity index (χ1v) is 11.6. The predicted octanol–water partition coefficient (Wildman–Crippen LogP) is 4.06. The molecule has 0 saturated carbocycles. The molecule has 1 saturated heterocycles. The number of carbonyl (C=O) groups is 2. The van der Waals surface area contributed by atoms with Crippen LogP contribution in [-0.2, 0) is 9.68 Å². The molecule has 1 aliphatic heterocycles. The minimum Gasteiger partial charge on any atom is -0.506 e. The molecule has 1 amide bonds. The number of piperazine rings is 1. The highest BCUT2D eigenvalue weighted by Gasteiger charge is 2.24. The van der Waals surface area contributed by atoms with Gasteiger partial charge in [0.05, 0.1) is 13.1 Å². The highest BCUT2D eigenvalue weighted by Crippen LogP contribution is 2.28. The molecule has 2 aromatic rings. The van der Waals surface area contributed by atoms with Crippen molar-refractivity contribution >= 4 is 62.7 Å². The van der Waals surface area contributed by atoms with Crippen LogP contribution in [0.2, 0.25) is 0 Å². The molecular formula is C21H22I2N2O5. The number of phenolic OH excluding ortho intramolecular Hbond substituents is 1. The number of phenols is 1. The van der Waals surface area contributed by atoms with Gasteiger partial charge in [0.25, 0.3) is 5.91 Å². The van der Waals surface area contributed by atoms with Gasteiger partial charge in [0.15, 0.2) is 5.75 Å². The summed E-state index contributed by atoms with van der Waals surface area (Å²) in [5, 5.41) is 9.92. The molecule has 3 rings (SSSR count). The minimum absolute atomic E-state index is 0.0387. The van der Waals surface area contributed by atoms with E-state index in [9.17, 15) is 14.7 Å². The molecule has 1 fully saturated rings. The summed E-state index contributed by atoms with van der Waals surface area (Å²) in [6, 6.07) is 10.8. The second kappa shape index (κ2) is 10.0. The number of benzene rings is 2. The molecule has 0 aromatic heterocycles. The van der Waals surface area contributed by atoms with E-state index in [1.165, 1.54) is 0 Å². The van der Waals surface area contributed by atoms with E-state index in [1.54, 1.807) is 32.0 Å². The van der Waals surface area contributed by atoms with Crippen molar-refractivity contribution in [2.24, 2.45) is 5.92 Å². The van der Waals surface area contributed by atoms with Crippen LogP contribution in [0.15, 0.2) is 36.4 Å². The van der Waals surface area contributed by atoms with E-state index in [0.717, 1.165) is 5.69 Å². The van der Waals surface area contributed by atoms with Gasteiger partial charge in [0.1, 0.15) is 5.75 Å². The maximum absolute atomic E-state index is 12.9. The quantitative estimate of drug-likeness (QED) is 0.303. The monoisotopic (exact) mass is 636 g/mol. The van der Waals surface area contributed by atoms with Gasteiger partial charge in [-0.25, -0.2) is 4.79 Å². The fourth-order valence-corrected chi connectivity index (χ4v) is 4.72. The third-order valence-corrected chi connectivity index (χ3v) is 6.35. The van der Waals surface area contributed by atoms with Crippen LogP contribution in [0.1, 0.15) is 24.2 Å². The van der Waals surface area contributed by atoms with Crippen LogP contribution in [0.4, 0.5) is 5.69 Å². The molecule has 7 nitrogen and oxygen atoms in total. The fraction of sp³-hybridized carbons (Fsp3) is 0.333. The van der Waals surface area contributed by atoms with E-state index in [4.69, 9.17) is 9.78 Å². The molecule has 1 heterocycles. The molecule has 0 radical (unpaired) electrons. The van der Waals surface area contributed by atoms with Crippen LogP contribution < -0.4 is 9.79 Å². The molecule has 30 heavy (non-hydrogen) atoms. The summed E-state index contributed by atoms with van der Waals surface area (Å²) < 4.78 is 1.33. The first-order valence-electron chi connectivity index (χ1n) is 9.47. The molecule has 0 aliphatic carbocycles. The summed E-state index contributed by atoms with van der Waals surface area (Å²) in [4.78, 5) is 38.4. The van der Waals surface area contributed by atoms with Gasteiger partial charge in [0.2, 0.25) is 0 Å². The van der Waals surface area contributed by atoms with Gasteiger partial charge in [-0.1, -0.05) is 19.9 Å². The zero-order valence-corrected chi connectivity index (χ0v) is 20.9. The first kappa shape index (κ1) is 22.9. The van der Waals surface area contributed by atoms with Crippen LogP contribution >= 0.6 is 45.2 Å². The van der Waals surface area contributed by atoms with E-state index in [1.807, 2.05) is 68.3 Å². The van der Waals surface area contributed by atoms with Gasteiger partial charge >= 0.3 is 5.97 Å². The van der Waals surface area contributed by atoms with Crippen molar-refractivity contribution in [3.63, 3.8) is 0 Å². The number of nitrogens with zero attached hydrogens (tertiary/aromatic N) is 2. The lowest BCUT2D eigenvalue weighted by molar-refractivity contribution is -0.217. The number of rotatable bonds is 5. The van der Waals surface area contributed by atoms with Gasteiger partial charge < -0.3 is 14.9 Å². The Balaban J connectivity index is 1.61. The molecule has 9 heteroatoms. The number of hydrogen-bond acceptors (Lipinski definition) is 6. The Morgan fingerprint density at radius 2 is 1.67 bits per heavy atom. The molecule has 160 valence electrons. The topological polar surface area (TPSA) is 79.3 Å². The minimum atomic E-state index is -0.425. The van der Waals surface area contributed by atoms with Crippen molar-refractivity contribution < 1.29 is 24.5 Å². The van der Waals surface area contributed by atoms with Crippen LogP contribution in [0, 0.1) is 13.1 Å². The van der Waals surface area contributed by atoms with Crippen molar-refractivity contribution in [3.05, 3.63) is 49.1 Å². The fourth-order valence-electron chi connectivity index (χ4n) is 2.96. The van der Waals surface area contributed by atoms with Crippen molar-refractivity contribution in [1.82, 2.24) is 4.90 Å². The summed E-state index contributed by atoms with van der Waals surface area (Å²) in [6.07, 6.45) is 0. The third kappa shape index (κ3) is 5.48. The Morgan fingerprint density at radius 3 is 2.27 bits per heavy atom. The van der Waals surface area contributed by atoms with Crippen LogP contribution in [0.3, 0.4) is 0 Å². The van der Waals surface area contributed by atoms with Crippen LogP contribution in [0.25, 0.3) is 0 Å². The second-order valence-electron chi connectivity index (χ2n) is 7.21. The molecular weight excluding hydrogens is 614 g/mol. The average molecular weight is 636 g/mol. The van der Waals surface area contributed by atoms with Gasteiger partial charge in [0, 0.05) is 43.5 Å². The Kier molecular flexibility index (Phi) is 7.66. The van der Waals surface area contributed by atoms with Crippen LogP contribution in [-0.4, -0.2) is 48.1 Å². The molecule has 1 N–H and O–H groups in total. The van der Waals surface area contributed by atoms with Crippen LogP contribution in [0.5, 0.6) is 11.5 Å². The third-order valence-electron chi connectivity index (χ3n) is 4.70. The zero-order valence-electron chi connectivity index (χ0n) is 16.6. The average Bonchev–Trinajstić information content (AvgIpc) is 2.75. The largest absolute Gasteiger partial charge is 0.506 e. The van der Waals surface area contributed by atoms with Crippen molar-refractivity contribution in [1.29, 1.82) is 0 Å². The number of carbonyl (C=O) groups excluding carboxylic acids is 2. The lowest BCUT2D eigenvalue weighted by Gasteiger charge is -2.36. The smallest absolute Gasteiger partial charge is 0.357 e. The molecule has 0 spiro atoms. The normalized spacial score (nSPS) is 14.0. The van der Waals surface area contributed by atoms with Gasteiger partial charge in [-0.05, 0) is 69.4 Å². The van der Waals surface area contributed by atoms with Crippen molar-refractivity contribution in [3.8, 4) is 11.5 Å². The Hall–Kier alpha value is -1.76. The summed E-state index contributed by atoms with van der Waals surface area (Å²) in [7, 11) is 0. The Bertz CT molecular complexity index is 920. The lowest BCUT2D eigenvalue weighted by Crippen LogP contribution is -2.48. The summed E-state index contributed by atoms with van der Waals surface area (Å²) in [5.41, 5.74) is 1.52. The Labute approximate surface area is 202 Å². The molecule has 2 aromatic carbocycles. The lowest BCUT2D eigenvalue weighted by atomic mass is 10.1. The zero-order chi connectivity index (χ0) is 21.8. The number of anilines is 1. The molecule has 1 aliphatic rings. The van der Waals surface area contributed by atoms with E-state index in [0.29, 0.717) is 44.6 Å². The number of halogens is 2. The van der Waals surface area contributed by atoms with E-state index in [2.05, 4.69) is 4.90 Å². The number of aromatic hydroxyl groups is 1. The summed E-state index contributed by atoms with van der Waals surface area (Å²) in [6.45, 7) is 5.99. The van der Waals surface area contributed by atoms with E-state index >= 15 is 0 Å². The highest BCUT2D eigenvalue weighted by molar-refractivity contribution is 14.1. The SMILES string of the molecule is CC(C)C(=O)OOc1cccc(N2CCN(C(=O)c3cc(I)c(O)c(I)c3)CC2)c1. The van der Waals surface area contributed by atoms with E-state index < -0.39 is 5.97 Å². The maximum atomic E-state index is 12.9. The molecule has 0 unspecified atom stereocenters. The van der Waals surface area contributed by atoms with Crippen molar-refractivity contribution in [2.75, 3.05) is 31.1 Å².